The van der Waals surface area contributed by atoms with Gasteiger partial charge in [-0.2, -0.15) is 0 Å². The number of hydrogen-bond donors (Lipinski definition) is 2. The predicted molar refractivity (Wildman–Crippen MR) is 88.8 cm³/mol. The van der Waals surface area contributed by atoms with Crippen molar-refractivity contribution in [3.8, 4) is 0 Å². The first-order chi connectivity index (χ1) is 10.0. The summed E-state index contributed by atoms with van der Waals surface area (Å²) in [5, 5.41) is 3.98. The van der Waals surface area contributed by atoms with Crippen LogP contribution in [-0.4, -0.2) is 35.4 Å². The summed E-state index contributed by atoms with van der Waals surface area (Å²) in [7, 11) is 0. The van der Waals surface area contributed by atoms with Crippen molar-refractivity contribution in [1.82, 2.24) is 9.88 Å². The molecule has 0 spiro atoms. The molecule has 0 radical (unpaired) electrons. The fourth-order valence-electron chi connectivity index (χ4n) is 2.34. The average molecular weight is 310 g/mol. The molecule has 2 rings (SSSR count). The second-order valence-electron chi connectivity index (χ2n) is 6.15. The van der Waals surface area contributed by atoms with Crippen LogP contribution >= 0.6 is 11.3 Å². The van der Waals surface area contributed by atoms with Crippen LogP contribution in [0.3, 0.4) is 0 Å². The number of anilines is 2. The van der Waals surface area contributed by atoms with Crippen LogP contribution in [0.4, 0.5) is 10.9 Å². The zero-order valence-electron chi connectivity index (χ0n) is 13.2. The minimum absolute atomic E-state index is 0.0250. The third-order valence-corrected chi connectivity index (χ3v) is 4.90. The van der Waals surface area contributed by atoms with E-state index in [4.69, 9.17) is 5.73 Å². The maximum Gasteiger partial charge on any atom is 0.267 e. The Morgan fingerprint density at radius 3 is 2.76 bits per heavy atom. The monoisotopic (exact) mass is 310 g/mol. The van der Waals surface area contributed by atoms with Gasteiger partial charge < -0.3 is 16.0 Å². The smallest absolute Gasteiger partial charge is 0.267 e. The van der Waals surface area contributed by atoms with Gasteiger partial charge in [-0.05, 0) is 31.6 Å². The normalized spacial score (nSPS) is 15.0. The number of carbonyl (C=O) groups is 1. The molecule has 0 unspecified atom stereocenters. The number of nitrogens with two attached hydrogens (primary N) is 1. The fourth-order valence-corrected chi connectivity index (χ4v) is 3.20. The predicted octanol–water partition coefficient (Wildman–Crippen LogP) is 3.06. The zero-order valence-corrected chi connectivity index (χ0v) is 14.0. The van der Waals surface area contributed by atoms with Gasteiger partial charge in [-0.15, -0.1) is 0 Å². The summed E-state index contributed by atoms with van der Waals surface area (Å²) in [6, 6.07) is 0. The highest BCUT2D eigenvalue weighted by Gasteiger charge is 2.26. The van der Waals surface area contributed by atoms with Gasteiger partial charge in [0.05, 0.1) is 0 Å². The molecule has 1 aromatic rings. The van der Waals surface area contributed by atoms with Crippen molar-refractivity contribution in [3.63, 3.8) is 0 Å². The van der Waals surface area contributed by atoms with Crippen molar-refractivity contribution in [3.05, 3.63) is 4.88 Å². The van der Waals surface area contributed by atoms with Gasteiger partial charge in [-0.3, -0.25) is 4.79 Å². The quantitative estimate of drug-likeness (QED) is 0.812. The Labute approximate surface area is 130 Å². The van der Waals surface area contributed by atoms with E-state index in [1.807, 2.05) is 11.8 Å². The molecule has 1 saturated carbocycles. The molecule has 1 heterocycles. The average Bonchev–Trinajstić information content (AvgIpc) is 2.76. The number of nitrogens with zero attached hydrogens (tertiary/aromatic N) is 2. The van der Waals surface area contributed by atoms with Crippen LogP contribution in [0.2, 0.25) is 0 Å². The molecule has 0 bridgehead atoms. The molecule has 21 heavy (non-hydrogen) atoms. The minimum atomic E-state index is 0.0250. The topological polar surface area (TPSA) is 71.2 Å². The lowest BCUT2D eigenvalue weighted by Crippen LogP contribution is -2.37. The highest BCUT2D eigenvalue weighted by molar-refractivity contribution is 7.18. The van der Waals surface area contributed by atoms with Crippen molar-refractivity contribution in [2.75, 3.05) is 30.7 Å². The third kappa shape index (κ3) is 4.09. The lowest BCUT2D eigenvalue weighted by atomic mass is 9.85. The summed E-state index contributed by atoms with van der Waals surface area (Å²) in [6.07, 6.45) is 3.77. The Hall–Kier alpha value is -1.30. The van der Waals surface area contributed by atoms with E-state index in [-0.39, 0.29) is 5.91 Å². The number of aromatic nitrogens is 1. The first kappa shape index (κ1) is 16.1. The summed E-state index contributed by atoms with van der Waals surface area (Å²) >= 11 is 1.37. The van der Waals surface area contributed by atoms with Crippen LogP contribution in [-0.2, 0) is 0 Å². The second-order valence-corrected chi connectivity index (χ2v) is 7.15. The Bertz CT molecular complexity index is 482. The largest absolute Gasteiger partial charge is 0.382 e. The van der Waals surface area contributed by atoms with Crippen molar-refractivity contribution >= 4 is 28.2 Å². The molecule has 1 amide bonds. The number of nitrogen functional groups attached to an aromatic ring is 1. The Morgan fingerprint density at radius 2 is 2.24 bits per heavy atom. The number of rotatable bonds is 7. The molecule has 3 N–H and O–H groups in total. The van der Waals surface area contributed by atoms with E-state index < -0.39 is 0 Å². The molecule has 1 aliphatic rings. The van der Waals surface area contributed by atoms with Crippen LogP contribution in [0.5, 0.6) is 0 Å². The maximum absolute atomic E-state index is 12.6. The van der Waals surface area contributed by atoms with E-state index in [9.17, 15) is 4.79 Å². The lowest BCUT2D eigenvalue weighted by molar-refractivity contribution is 0.0712. The van der Waals surface area contributed by atoms with Gasteiger partial charge in [0.25, 0.3) is 5.91 Å². The highest BCUT2D eigenvalue weighted by atomic mass is 32.1. The van der Waals surface area contributed by atoms with Crippen molar-refractivity contribution in [1.29, 1.82) is 0 Å². The molecule has 0 aliphatic heterocycles. The standard InChI is InChI=1S/C15H26N4OS/c1-4-19(9-11-6-5-7-11)14(20)12-13(16)18-15(21-12)17-8-10(2)3/h10-11H,4-9,16H2,1-3H3,(H,17,18). The van der Waals surface area contributed by atoms with Gasteiger partial charge >= 0.3 is 0 Å². The Kier molecular flexibility index (Phi) is 5.45. The number of amides is 1. The van der Waals surface area contributed by atoms with Crippen LogP contribution in [0, 0.1) is 11.8 Å². The van der Waals surface area contributed by atoms with E-state index in [2.05, 4.69) is 24.1 Å². The van der Waals surface area contributed by atoms with Gasteiger partial charge in [-0.25, -0.2) is 4.98 Å². The summed E-state index contributed by atoms with van der Waals surface area (Å²) in [5.74, 6) is 1.57. The Balaban J connectivity index is 2.02. The van der Waals surface area contributed by atoms with Gasteiger partial charge in [-0.1, -0.05) is 31.6 Å². The third-order valence-electron chi connectivity index (χ3n) is 3.88. The van der Waals surface area contributed by atoms with Crippen molar-refractivity contribution in [2.45, 2.75) is 40.0 Å². The summed E-state index contributed by atoms with van der Waals surface area (Å²) < 4.78 is 0. The molecule has 1 aliphatic carbocycles. The van der Waals surface area contributed by atoms with Crippen LogP contribution in [0.25, 0.3) is 0 Å². The second kappa shape index (κ2) is 7.11. The van der Waals surface area contributed by atoms with E-state index >= 15 is 0 Å². The summed E-state index contributed by atoms with van der Waals surface area (Å²) in [6.45, 7) is 8.69. The molecule has 6 heteroatoms. The summed E-state index contributed by atoms with van der Waals surface area (Å²) in [4.78, 5) is 19.4. The molecular formula is C15H26N4OS. The number of hydrogen-bond acceptors (Lipinski definition) is 5. The van der Waals surface area contributed by atoms with E-state index in [1.165, 1.54) is 30.6 Å². The fraction of sp³-hybridized carbons (Fsp3) is 0.733. The minimum Gasteiger partial charge on any atom is -0.382 e. The number of nitrogens with one attached hydrogen (secondary N) is 1. The molecular weight excluding hydrogens is 284 g/mol. The highest BCUT2D eigenvalue weighted by Crippen LogP contribution is 2.30. The van der Waals surface area contributed by atoms with Gasteiger partial charge in [0.1, 0.15) is 10.7 Å². The summed E-state index contributed by atoms with van der Waals surface area (Å²) in [5.41, 5.74) is 5.93. The van der Waals surface area contributed by atoms with Gasteiger partial charge in [0.2, 0.25) is 0 Å². The van der Waals surface area contributed by atoms with Gasteiger partial charge in [0, 0.05) is 19.6 Å². The number of carbonyl (C=O) groups excluding carboxylic acids is 1. The molecule has 118 valence electrons. The molecule has 1 fully saturated rings. The Morgan fingerprint density at radius 1 is 1.52 bits per heavy atom. The lowest BCUT2D eigenvalue weighted by Gasteiger charge is -2.31. The van der Waals surface area contributed by atoms with E-state index in [0.717, 1.165) is 24.8 Å². The van der Waals surface area contributed by atoms with Crippen LogP contribution < -0.4 is 11.1 Å². The first-order valence-corrected chi connectivity index (χ1v) is 8.62. The molecule has 0 atom stereocenters. The number of thiazole rings is 1. The zero-order chi connectivity index (χ0) is 15.4. The molecule has 0 saturated heterocycles. The van der Waals surface area contributed by atoms with Crippen molar-refractivity contribution < 1.29 is 4.79 Å². The molecule has 1 aromatic heterocycles. The van der Waals surface area contributed by atoms with E-state index in [0.29, 0.717) is 22.5 Å². The SMILES string of the molecule is CCN(CC1CCC1)C(=O)c1sc(NCC(C)C)nc1N. The van der Waals surface area contributed by atoms with Gasteiger partial charge in [0.15, 0.2) is 5.13 Å². The van der Waals surface area contributed by atoms with Crippen LogP contribution in [0.15, 0.2) is 0 Å². The van der Waals surface area contributed by atoms with E-state index in [1.54, 1.807) is 0 Å². The molecule has 0 aromatic carbocycles. The van der Waals surface area contributed by atoms with Crippen LogP contribution in [0.1, 0.15) is 49.7 Å². The van der Waals surface area contributed by atoms with Crippen molar-refractivity contribution in [2.24, 2.45) is 11.8 Å². The maximum atomic E-state index is 12.6. The molecule has 5 nitrogen and oxygen atoms in total. The first-order valence-electron chi connectivity index (χ1n) is 7.80.